The van der Waals surface area contributed by atoms with Crippen molar-refractivity contribution in [2.75, 3.05) is 72.5 Å². The molecule has 0 fully saturated rings. The highest BCUT2D eigenvalue weighted by molar-refractivity contribution is 6.74. The molecule has 0 aromatic heterocycles. The smallest absolute Gasteiger partial charge is 0.246 e. The first-order chi connectivity index (χ1) is 22.5. The van der Waals surface area contributed by atoms with Crippen molar-refractivity contribution in [3.63, 3.8) is 0 Å². The van der Waals surface area contributed by atoms with Crippen molar-refractivity contribution < 1.29 is 38.1 Å². The van der Waals surface area contributed by atoms with Crippen molar-refractivity contribution in [3.05, 3.63) is 59.2 Å². The monoisotopic (exact) mass is 675 g/mol. The van der Waals surface area contributed by atoms with E-state index >= 15 is 0 Å². The van der Waals surface area contributed by atoms with Gasteiger partial charge >= 0.3 is 0 Å². The van der Waals surface area contributed by atoms with Gasteiger partial charge in [-0.05, 0) is 58.8 Å². The first kappa shape index (κ1) is 40.5. The number of rotatable bonds is 24. The summed E-state index contributed by atoms with van der Waals surface area (Å²) in [7, 11) is -1.81. The minimum atomic E-state index is -1.81. The third-order valence-corrected chi connectivity index (χ3v) is 12.5. The Morgan fingerprint density at radius 2 is 1.34 bits per heavy atom. The molecular weight excluding hydrogens is 618 g/mol. The summed E-state index contributed by atoms with van der Waals surface area (Å²) >= 11 is 0. The van der Waals surface area contributed by atoms with E-state index in [1.807, 2.05) is 12.1 Å². The van der Waals surface area contributed by atoms with Crippen LogP contribution in [0.25, 0.3) is 11.1 Å². The fourth-order valence-corrected chi connectivity index (χ4v) is 5.15. The second-order valence-electron chi connectivity index (χ2n) is 12.8. The first-order valence-corrected chi connectivity index (χ1v) is 19.4. The molecule has 2 aromatic rings. The molecule has 0 saturated carbocycles. The minimum absolute atomic E-state index is 0.0335. The lowest BCUT2D eigenvalue weighted by molar-refractivity contribution is -0.127. The van der Waals surface area contributed by atoms with Gasteiger partial charge in [0.1, 0.15) is 13.2 Å². The summed E-state index contributed by atoms with van der Waals surface area (Å²) in [6.07, 6.45) is 1.46. The SMILES string of the molecule is CC(C)(C)[Si](C)(C)OCc1ccc(-c2ccc(CO)c(CCCNC(=O)COCCOCCNC(=O)COCCOCCN)c2)cc1. The first-order valence-electron chi connectivity index (χ1n) is 16.5. The summed E-state index contributed by atoms with van der Waals surface area (Å²) in [6, 6.07) is 14.6. The average molecular weight is 676 g/mol. The number of hydrogen-bond acceptors (Lipinski definition) is 9. The summed E-state index contributed by atoms with van der Waals surface area (Å²) in [6.45, 7) is 15.2. The summed E-state index contributed by atoms with van der Waals surface area (Å²) in [4.78, 5) is 23.8. The lowest BCUT2D eigenvalue weighted by Crippen LogP contribution is -2.40. The van der Waals surface area contributed by atoms with Crippen molar-refractivity contribution in [1.29, 1.82) is 0 Å². The van der Waals surface area contributed by atoms with E-state index in [-0.39, 0.29) is 43.3 Å². The molecule has 12 heteroatoms. The molecule has 5 N–H and O–H groups in total. The highest BCUT2D eigenvalue weighted by Gasteiger charge is 2.37. The Morgan fingerprint density at radius 1 is 0.766 bits per heavy atom. The predicted molar refractivity (Wildman–Crippen MR) is 186 cm³/mol. The van der Waals surface area contributed by atoms with E-state index in [9.17, 15) is 14.7 Å². The van der Waals surface area contributed by atoms with Crippen molar-refractivity contribution in [1.82, 2.24) is 10.6 Å². The van der Waals surface area contributed by atoms with E-state index in [0.717, 1.165) is 40.7 Å². The fourth-order valence-electron chi connectivity index (χ4n) is 4.19. The molecule has 0 aliphatic heterocycles. The lowest BCUT2D eigenvalue weighted by Gasteiger charge is -2.36. The van der Waals surface area contributed by atoms with Crippen LogP contribution in [0.15, 0.2) is 42.5 Å². The molecule has 0 aliphatic carbocycles. The van der Waals surface area contributed by atoms with Crippen LogP contribution in [-0.2, 0) is 52.6 Å². The maximum atomic E-state index is 12.2. The lowest BCUT2D eigenvalue weighted by atomic mass is 9.96. The van der Waals surface area contributed by atoms with Gasteiger partial charge in [0.05, 0.1) is 52.9 Å². The molecule has 0 unspecified atom stereocenters. The molecular formula is C35H57N3O8Si. The van der Waals surface area contributed by atoms with E-state index in [4.69, 9.17) is 29.1 Å². The number of nitrogens with two attached hydrogens (primary N) is 1. The Hall–Kier alpha value is -2.68. The number of amides is 2. The van der Waals surface area contributed by atoms with Crippen molar-refractivity contribution in [2.45, 2.75) is 65.0 Å². The molecule has 47 heavy (non-hydrogen) atoms. The summed E-state index contributed by atoms with van der Waals surface area (Å²) in [5, 5.41) is 15.6. The summed E-state index contributed by atoms with van der Waals surface area (Å²) < 4.78 is 27.5. The number of aliphatic hydroxyl groups excluding tert-OH is 1. The molecule has 264 valence electrons. The van der Waals surface area contributed by atoms with Crippen molar-refractivity contribution in [3.8, 4) is 11.1 Å². The summed E-state index contributed by atoms with van der Waals surface area (Å²) in [5.41, 5.74) is 10.6. The van der Waals surface area contributed by atoms with Crippen LogP contribution in [0.2, 0.25) is 18.1 Å². The zero-order chi connectivity index (χ0) is 34.5. The summed E-state index contributed by atoms with van der Waals surface area (Å²) in [5.74, 6) is -0.423. The van der Waals surface area contributed by atoms with Crippen LogP contribution in [0, 0.1) is 0 Å². The minimum Gasteiger partial charge on any atom is -0.413 e. The Kier molecular flexibility index (Phi) is 19.0. The molecule has 0 saturated heterocycles. The number of aliphatic hydroxyl groups is 1. The number of hydrogen-bond donors (Lipinski definition) is 4. The largest absolute Gasteiger partial charge is 0.413 e. The van der Waals surface area contributed by atoms with Gasteiger partial charge in [0, 0.05) is 19.6 Å². The Morgan fingerprint density at radius 3 is 1.94 bits per heavy atom. The van der Waals surface area contributed by atoms with Crippen LogP contribution < -0.4 is 16.4 Å². The van der Waals surface area contributed by atoms with E-state index in [1.165, 1.54) is 0 Å². The third-order valence-electron chi connectivity index (χ3n) is 8.06. The number of nitrogens with one attached hydrogen (secondary N) is 2. The van der Waals surface area contributed by atoms with Crippen LogP contribution in [0.5, 0.6) is 0 Å². The average Bonchev–Trinajstić information content (AvgIpc) is 3.04. The van der Waals surface area contributed by atoms with Gasteiger partial charge in [0.25, 0.3) is 0 Å². The number of carbonyl (C=O) groups excluding carboxylic acids is 2. The molecule has 2 rings (SSSR count). The van der Waals surface area contributed by atoms with E-state index < -0.39 is 8.32 Å². The number of benzene rings is 2. The fraction of sp³-hybridized carbons (Fsp3) is 0.600. The van der Waals surface area contributed by atoms with Crippen molar-refractivity contribution in [2.24, 2.45) is 5.73 Å². The van der Waals surface area contributed by atoms with Crippen molar-refractivity contribution >= 4 is 20.1 Å². The molecule has 2 amide bonds. The normalized spacial score (nSPS) is 11.9. The molecule has 0 atom stereocenters. The van der Waals surface area contributed by atoms with Gasteiger partial charge < -0.3 is 44.8 Å². The Balaban J connectivity index is 1.62. The predicted octanol–water partition coefficient (Wildman–Crippen LogP) is 3.56. The molecule has 0 heterocycles. The molecule has 0 bridgehead atoms. The number of carbonyl (C=O) groups is 2. The molecule has 0 aliphatic rings. The quantitative estimate of drug-likeness (QED) is 0.0968. The maximum absolute atomic E-state index is 12.2. The van der Waals surface area contributed by atoms with Crippen LogP contribution in [0.3, 0.4) is 0 Å². The topological polar surface area (TPSA) is 151 Å². The zero-order valence-corrected chi connectivity index (χ0v) is 30.0. The van der Waals surface area contributed by atoms with Gasteiger partial charge in [-0.1, -0.05) is 63.2 Å². The van der Waals surface area contributed by atoms with Crippen LogP contribution in [0.4, 0.5) is 0 Å². The van der Waals surface area contributed by atoms with Gasteiger partial charge in [-0.3, -0.25) is 9.59 Å². The van der Waals surface area contributed by atoms with Crippen LogP contribution in [0.1, 0.15) is 43.9 Å². The number of ether oxygens (including phenoxy) is 4. The van der Waals surface area contributed by atoms with Crippen LogP contribution >= 0.6 is 0 Å². The van der Waals surface area contributed by atoms with Crippen LogP contribution in [-0.4, -0.2) is 97.7 Å². The van der Waals surface area contributed by atoms with Gasteiger partial charge in [-0.25, -0.2) is 0 Å². The van der Waals surface area contributed by atoms with Gasteiger partial charge in [-0.2, -0.15) is 0 Å². The van der Waals surface area contributed by atoms with E-state index in [2.05, 4.69) is 74.8 Å². The van der Waals surface area contributed by atoms with Gasteiger partial charge in [0.2, 0.25) is 11.8 Å². The molecule has 0 spiro atoms. The molecule has 0 radical (unpaired) electrons. The van der Waals surface area contributed by atoms with Gasteiger partial charge in [-0.15, -0.1) is 0 Å². The van der Waals surface area contributed by atoms with E-state index in [0.29, 0.717) is 59.3 Å². The third kappa shape index (κ3) is 16.3. The Bertz CT molecular complexity index is 1190. The van der Waals surface area contributed by atoms with Gasteiger partial charge in [0.15, 0.2) is 8.32 Å². The standard InChI is InChI=1S/C35H57N3O8Si/c1-35(2,3)47(4,5)46-25-28-8-10-29(11-9-28)31-12-13-32(24-39)30(23-31)7-6-15-37-33(40)26-45-22-20-43-18-16-38-34(41)27-44-21-19-42-17-14-36/h8-13,23,39H,6-7,14-22,24-27,36H2,1-5H3,(H,37,40)(H,38,41). The highest BCUT2D eigenvalue weighted by atomic mass is 28.4. The Labute approximate surface area is 282 Å². The van der Waals surface area contributed by atoms with E-state index in [1.54, 1.807) is 0 Å². The highest BCUT2D eigenvalue weighted by Crippen LogP contribution is 2.37. The number of aryl methyl sites for hydroxylation is 1. The second kappa shape index (κ2) is 22.0. The molecule has 11 nitrogen and oxygen atoms in total. The zero-order valence-electron chi connectivity index (χ0n) is 29.0. The molecule has 2 aromatic carbocycles. The maximum Gasteiger partial charge on any atom is 0.246 e. The second-order valence-corrected chi connectivity index (χ2v) is 17.6.